The normalized spacial score (nSPS) is 14.0. The fraction of sp³-hybridized carbons (Fsp3) is 0.600. The summed E-state index contributed by atoms with van der Waals surface area (Å²) in [7, 11) is 1.90. The predicted octanol–water partition coefficient (Wildman–Crippen LogP) is 4.05. The molecule has 0 aromatic heterocycles. The molecule has 0 heterocycles. The van der Waals surface area contributed by atoms with E-state index in [0.29, 0.717) is 6.10 Å². The summed E-state index contributed by atoms with van der Waals surface area (Å²) >= 11 is 0. The zero-order valence-corrected chi connectivity index (χ0v) is 11.9. The molecule has 0 saturated carbocycles. The van der Waals surface area contributed by atoms with Crippen LogP contribution in [-0.4, -0.2) is 19.4 Å². The third kappa shape index (κ3) is 4.96. The van der Waals surface area contributed by atoms with Crippen molar-refractivity contribution in [2.75, 3.05) is 12.4 Å². The maximum Gasteiger partial charge on any atom is 0.197 e. The SMILES string of the molecule is CCCC(CC)OC(C)Oc1ccc(NC)cc1. The molecule has 0 amide bonds. The molecule has 1 aromatic rings. The molecule has 0 radical (unpaired) electrons. The molecule has 3 nitrogen and oxygen atoms in total. The highest BCUT2D eigenvalue weighted by Gasteiger charge is 2.11. The molecule has 0 aliphatic carbocycles. The maximum atomic E-state index is 5.86. The first-order chi connectivity index (χ1) is 8.69. The van der Waals surface area contributed by atoms with Gasteiger partial charge in [-0.05, 0) is 44.0 Å². The molecule has 1 N–H and O–H groups in total. The van der Waals surface area contributed by atoms with E-state index in [1.807, 2.05) is 38.2 Å². The van der Waals surface area contributed by atoms with Crippen molar-refractivity contribution in [2.24, 2.45) is 0 Å². The van der Waals surface area contributed by atoms with E-state index in [2.05, 4.69) is 19.2 Å². The third-order valence-corrected chi connectivity index (χ3v) is 2.90. The Morgan fingerprint density at radius 1 is 1.17 bits per heavy atom. The van der Waals surface area contributed by atoms with Gasteiger partial charge >= 0.3 is 0 Å². The van der Waals surface area contributed by atoms with Crippen LogP contribution < -0.4 is 10.1 Å². The molecule has 0 fully saturated rings. The summed E-state index contributed by atoms with van der Waals surface area (Å²) in [6.07, 6.45) is 3.34. The van der Waals surface area contributed by atoms with E-state index >= 15 is 0 Å². The van der Waals surface area contributed by atoms with Crippen molar-refractivity contribution >= 4 is 5.69 Å². The molecule has 0 spiro atoms. The van der Waals surface area contributed by atoms with Crippen molar-refractivity contribution in [1.29, 1.82) is 0 Å². The second-order valence-electron chi connectivity index (χ2n) is 4.41. The quantitative estimate of drug-likeness (QED) is 0.707. The summed E-state index contributed by atoms with van der Waals surface area (Å²) < 4.78 is 11.6. The lowest BCUT2D eigenvalue weighted by Crippen LogP contribution is -2.24. The molecule has 1 rings (SSSR count). The van der Waals surface area contributed by atoms with Gasteiger partial charge < -0.3 is 14.8 Å². The second-order valence-corrected chi connectivity index (χ2v) is 4.41. The summed E-state index contributed by atoms with van der Waals surface area (Å²) in [6, 6.07) is 7.88. The van der Waals surface area contributed by atoms with E-state index < -0.39 is 0 Å². The minimum absolute atomic E-state index is 0.207. The van der Waals surface area contributed by atoms with E-state index in [0.717, 1.165) is 30.7 Å². The topological polar surface area (TPSA) is 30.5 Å². The van der Waals surface area contributed by atoms with Crippen LogP contribution in [0.15, 0.2) is 24.3 Å². The minimum atomic E-state index is -0.207. The van der Waals surface area contributed by atoms with Crippen LogP contribution in [0.2, 0.25) is 0 Å². The summed E-state index contributed by atoms with van der Waals surface area (Å²) in [5.41, 5.74) is 1.08. The zero-order valence-electron chi connectivity index (χ0n) is 11.9. The van der Waals surface area contributed by atoms with Crippen LogP contribution >= 0.6 is 0 Å². The van der Waals surface area contributed by atoms with Gasteiger partial charge in [0, 0.05) is 12.7 Å². The molecular weight excluding hydrogens is 226 g/mol. The number of anilines is 1. The van der Waals surface area contributed by atoms with Gasteiger partial charge in [-0.15, -0.1) is 0 Å². The van der Waals surface area contributed by atoms with Gasteiger partial charge in [0.1, 0.15) is 5.75 Å². The van der Waals surface area contributed by atoms with Crippen LogP contribution in [0.25, 0.3) is 0 Å². The highest BCUT2D eigenvalue weighted by molar-refractivity contribution is 5.45. The highest BCUT2D eigenvalue weighted by Crippen LogP contribution is 2.18. The molecule has 2 atom stereocenters. The second kappa shape index (κ2) is 7.98. The fourth-order valence-electron chi connectivity index (χ4n) is 1.88. The molecule has 1 aromatic carbocycles. The number of hydrogen-bond acceptors (Lipinski definition) is 3. The van der Waals surface area contributed by atoms with Crippen molar-refractivity contribution < 1.29 is 9.47 Å². The van der Waals surface area contributed by atoms with Crippen LogP contribution in [0.1, 0.15) is 40.0 Å². The lowest BCUT2D eigenvalue weighted by atomic mass is 10.2. The van der Waals surface area contributed by atoms with E-state index in [1.54, 1.807) is 0 Å². The number of nitrogens with one attached hydrogen (secondary N) is 1. The first kappa shape index (κ1) is 14.8. The number of ether oxygens (including phenoxy) is 2. The Morgan fingerprint density at radius 3 is 2.33 bits per heavy atom. The zero-order chi connectivity index (χ0) is 13.4. The van der Waals surface area contributed by atoms with Crippen LogP contribution in [0.5, 0.6) is 5.75 Å². The van der Waals surface area contributed by atoms with Gasteiger partial charge in [-0.2, -0.15) is 0 Å². The number of hydrogen-bond donors (Lipinski definition) is 1. The molecule has 18 heavy (non-hydrogen) atoms. The molecule has 2 unspecified atom stereocenters. The van der Waals surface area contributed by atoms with Crippen molar-refractivity contribution in [3.63, 3.8) is 0 Å². The van der Waals surface area contributed by atoms with Crippen molar-refractivity contribution in [3.05, 3.63) is 24.3 Å². The van der Waals surface area contributed by atoms with E-state index in [9.17, 15) is 0 Å². The van der Waals surface area contributed by atoms with Crippen LogP contribution in [0.3, 0.4) is 0 Å². The standard InChI is InChI=1S/C15H25NO2/c1-5-7-14(6-2)17-12(3)18-15-10-8-13(16-4)9-11-15/h8-12,14,16H,5-7H2,1-4H3. The van der Waals surface area contributed by atoms with Gasteiger partial charge in [-0.25, -0.2) is 0 Å². The molecular formula is C15H25NO2. The van der Waals surface area contributed by atoms with Crippen LogP contribution in [-0.2, 0) is 4.74 Å². The lowest BCUT2D eigenvalue weighted by Gasteiger charge is -2.22. The van der Waals surface area contributed by atoms with Crippen LogP contribution in [0, 0.1) is 0 Å². The largest absolute Gasteiger partial charge is 0.465 e. The Bertz CT molecular complexity index is 324. The average Bonchev–Trinajstić information content (AvgIpc) is 2.39. The summed E-state index contributed by atoms with van der Waals surface area (Å²) in [6.45, 7) is 6.27. The lowest BCUT2D eigenvalue weighted by molar-refractivity contribution is -0.110. The molecule has 0 bridgehead atoms. The highest BCUT2D eigenvalue weighted by atomic mass is 16.7. The van der Waals surface area contributed by atoms with Gasteiger partial charge in [0.2, 0.25) is 0 Å². The predicted molar refractivity (Wildman–Crippen MR) is 76.2 cm³/mol. The molecule has 0 aliphatic rings. The van der Waals surface area contributed by atoms with Gasteiger partial charge in [0.15, 0.2) is 6.29 Å². The Morgan fingerprint density at radius 2 is 1.83 bits per heavy atom. The van der Waals surface area contributed by atoms with Crippen molar-refractivity contribution in [3.8, 4) is 5.75 Å². The number of benzene rings is 1. The van der Waals surface area contributed by atoms with Gasteiger partial charge in [0.05, 0.1) is 6.10 Å². The number of rotatable bonds is 8. The summed E-state index contributed by atoms with van der Waals surface area (Å²) in [5, 5.41) is 3.08. The molecule has 102 valence electrons. The van der Waals surface area contributed by atoms with Crippen molar-refractivity contribution in [2.45, 2.75) is 52.4 Å². The average molecular weight is 251 g/mol. The Labute approximate surface area is 110 Å². The van der Waals surface area contributed by atoms with E-state index in [-0.39, 0.29) is 6.29 Å². The Hall–Kier alpha value is -1.22. The van der Waals surface area contributed by atoms with Gasteiger partial charge in [-0.1, -0.05) is 20.3 Å². The molecule has 0 aliphatic heterocycles. The van der Waals surface area contributed by atoms with Gasteiger partial charge in [-0.3, -0.25) is 0 Å². The van der Waals surface area contributed by atoms with E-state index in [4.69, 9.17) is 9.47 Å². The maximum absolute atomic E-state index is 5.86. The van der Waals surface area contributed by atoms with E-state index in [1.165, 1.54) is 0 Å². The fourth-order valence-corrected chi connectivity index (χ4v) is 1.88. The summed E-state index contributed by atoms with van der Waals surface area (Å²) in [4.78, 5) is 0. The minimum Gasteiger partial charge on any atom is -0.465 e. The van der Waals surface area contributed by atoms with Gasteiger partial charge in [0.25, 0.3) is 0 Å². The van der Waals surface area contributed by atoms with Crippen LogP contribution in [0.4, 0.5) is 5.69 Å². The van der Waals surface area contributed by atoms with Crippen molar-refractivity contribution in [1.82, 2.24) is 0 Å². The monoisotopic (exact) mass is 251 g/mol. The summed E-state index contributed by atoms with van der Waals surface area (Å²) in [5.74, 6) is 0.841. The molecule has 0 saturated heterocycles. The Balaban J connectivity index is 2.44. The smallest absolute Gasteiger partial charge is 0.197 e. The first-order valence-corrected chi connectivity index (χ1v) is 6.79. The Kier molecular flexibility index (Phi) is 6.58. The first-order valence-electron chi connectivity index (χ1n) is 6.79. The molecule has 3 heteroatoms. The third-order valence-electron chi connectivity index (χ3n) is 2.90.